The third-order valence-electron chi connectivity index (χ3n) is 4.10. The maximum absolute atomic E-state index is 12.6. The van der Waals surface area contributed by atoms with Gasteiger partial charge in [0.2, 0.25) is 0 Å². The van der Waals surface area contributed by atoms with Crippen molar-refractivity contribution in [1.29, 1.82) is 0 Å². The van der Waals surface area contributed by atoms with Crippen molar-refractivity contribution in [2.24, 2.45) is 4.40 Å². The Hall–Kier alpha value is -1.79. The van der Waals surface area contributed by atoms with E-state index in [2.05, 4.69) is 16.5 Å². The van der Waals surface area contributed by atoms with Gasteiger partial charge >= 0.3 is 0 Å². The average Bonchev–Trinajstić information content (AvgIpc) is 2.59. The highest BCUT2D eigenvalue weighted by Gasteiger charge is 2.21. The number of hydrogen-bond acceptors (Lipinski definition) is 3. The van der Waals surface area contributed by atoms with Gasteiger partial charge in [-0.3, -0.25) is 0 Å². The summed E-state index contributed by atoms with van der Waals surface area (Å²) >= 11 is 1.37. The zero-order valence-electron chi connectivity index (χ0n) is 13.8. The highest BCUT2D eigenvalue weighted by atomic mass is 32.2. The molecule has 0 amide bonds. The predicted octanol–water partition coefficient (Wildman–Crippen LogP) is 3.46. The summed E-state index contributed by atoms with van der Waals surface area (Å²) in [6.45, 7) is 3.40. The van der Waals surface area contributed by atoms with E-state index >= 15 is 0 Å². The molecule has 3 rings (SSSR count). The molecular formula is C18H20N2O2S2. The van der Waals surface area contributed by atoms with Gasteiger partial charge < -0.3 is 4.90 Å². The van der Waals surface area contributed by atoms with Crippen LogP contribution >= 0.6 is 11.8 Å². The van der Waals surface area contributed by atoms with E-state index in [1.54, 1.807) is 24.3 Å². The van der Waals surface area contributed by atoms with Crippen molar-refractivity contribution < 1.29 is 8.42 Å². The van der Waals surface area contributed by atoms with E-state index in [4.69, 9.17) is 0 Å². The smallest absolute Gasteiger partial charge is 0.284 e. The molecule has 0 unspecified atom stereocenters. The fourth-order valence-corrected chi connectivity index (χ4v) is 4.66. The number of amidine groups is 1. The lowest BCUT2D eigenvalue weighted by atomic mass is 10.0. The van der Waals surface area contributed by atoms with Crippen LogP contribution in [0.15, 0.2) is 57.8 Å². The van der Waals surface area contributed by atoms with Gasteiger partial charge in [0, 0.05) is 13.1 Å². The largest absolute Gasteiger partial charge is 0.346 e. The Morgan fingerprint density at radius 1 is 1.08 bits per heavy atom. The molecular weight excluding hydrogens is 340 g/mol. The standard InChI is InChI=1S/C18H20N2O2S2/c1-14-7-9-17(10-8-14)24(21,22)19-18(23-2)20-12-11-15-5-3-4-6-16(15)13-20/h3-10H,11-13H2,1-2H3/b19-18-. The summed E-state index contributed by atoms with van der Waals surface area (Å²) in [5, 5.41) is 0.546. The molecule has 0 fully saturated rings. The van der Waals surface area contributed by atoms with Crippen molar-refractivity contribution in [3.8, 4) is 0 Å². The van der Waals surface area contributed by atoms with Gasteiger partial charge in [-0.05, 0) is 42.9 Å². The highest BCUT2D eigenvalue weighted by Crippen LogP contribution is 2.23. The Morgan fingerprint density at radius 2 is 1.75 bits per heavy atom. The number of nitrogens with zero attached hydrogens (tertiary/aromatic N) is 2. The fraction of sp³-hybridized carbons (Fsp3) is 0.278. The van der Waals surface area contributed by atoms with Gasteiger partial charge in [-0.2, -0.15) is 8.42 Å². The molecule has 0 bridgehead atoms. The first-order chi connectivity index (χ1) is 11.5. The molecule has 0 saturated carbocycles. The van der Waals surface area contributed by atoms with Crippen molar-refractivity contribution in [2.45, 2.75) is 24.8 Å². The molecule has 126 valence electrons. The third-order valence-corrected chi connectivity index (χ3v) is 6.21. The molecule has 6 heteroatoms. The first kappa shape index (κ1) is 17.0. The first-order valence-corrected chi connectivity index (χ1v) is 10.4. The lowest BCUT2D eigenvalue weighted by Gasteiger charge is -2.30. The Labute approximate surface area is 147 Å². The number of hydrogen-bond donors (Lipinski definition) is 0. The zero-order valence-corrected chi connectivity index (χ0v) is 15.4. The van der Waals surface area contributed by atoms with Gasteiger partial charge in [0.15, 0.2) is 5.17 Å². The minimum Gasteiger partial charge on any atom is -0.346 e. The Morgan fingerprint density at radius 3 is 2.42 bits per heavy atom. The van der Waals surface area contributed by atoms with E-state index in [0.717, 1.165) is 18.5 Å². The van der Waals surface area contributed by atoms with E-state index < -0.39 is 10.0 Å². The minimum atomic E-state index is -3.69. The summed E-state index contributed by atoms with van der Waals surface area (Å²) in [5.74, 6) is 0. The van der Waals surface area contributed by atoms with Crippen LogP contribution in [0.5, 0.6) is 0 Å². The van der Waals surface area contributed by atoms with E-state index in [1.807, 2.05) is 30.2 Å². The Bertz CT molecular complexity index is 859. The van der Waals surface area contributed by atoms with Crippen LogP contribution in [0.2, 0.25) is 0 Å². The molecule has 4 nitrogen and oxygen atoms in total. The molecule has 24 heavy (non-hydrogen) atoms. The molecule has 1 heterocycles. The number of aryl methyl sites for hydroxylation is 1. The van der Waals surface area contributed by atoms with Crippen LogP contribution in [0.25, 0.3) is 0 Å². The van der Waals surface area contributed by atoms with Gasteiger partial charge in [-0.1, -0.05) is 53.7 Å². The van der Waals surface area contributed by atoms with Crippen LogP contribution in [-0.2, 0) is 23.0 Å². The topological polar surface area (TPSA) is 49.7 Å². The molecule has 0 spiro atoms. The molecule has 1 aliphatic heterocycles. The minimum absolute atomic E-state index is 0.233. The molecule has 2 aromatic carbocycles. The van der Waals surface area contributed by atoms with Crippen LogP contribution in [0.3, 0.4) is 0 Å². The van der Waals surface area contributed by atoms with Gasteiger partial charge in [-0.25, -0.2) is 0 Å². The van der Waals surface area contributed by atoms with Crippen molar-refractivity contribution >= 4 is 27.0 Å². The third kappa shape index (κ3) is 3.65. The second-order valence-corrected chi connectivity index (χ2v) is 8.18. The molecule has 1 aliphatic rings. The van der Waals surface area contributed by atoms with Crippen LogP contribution in [0.4, 0.5) is 0 Å². The molecule has 2 aromatic rings. The predicted molar refractivity (Wildman–Crippen MR) is 99.9 cm³/mol. The van der Waals surface area contributed by atoms with Crippen LogP contribution in [0, 0.1) is 6.92 Å². The zero-order chi connectivity index (χ0) is 17.2. The number of benzene rings is 2. The molecule has 0 aliphatic carbocycles. The van der Waals surface area contributed by atoms with Gasteiger partial charge in [0.25, 0.3) is 10.0 Å². The van der Waals surface area contributed by atoms with Crippen LogP contribution in [0.1, 0.15) is 16.7 Å². The lowest BCUT2D eigenvalue weighted by molar-refractivity contribution is 0.402. The van der Waals surface area contributed by atoms with Gasteiger partial charge in [0.05, 0.1) is 4.90 Å². The Kier molecular flexibility index (Phi) is 4.96. The van der Waals surface area contributed by atoms with E-state index in [9.17, 15) is 8.42 Å². The molecule has 0 radical (unpaired) electrons. The summed E-state index contributed by atoms with van der Waals surface area (Å²) in [7, 11) is -3.69. The maximum atomic E-state index is 12.6. The van der Waals surface area contributed by atoms with Crippen LogP contribution < -0.4 is 0 Å². The summed E-state index contributed by atoms with van der Waals surface area (Å²) < 4.78 is 29.2. The van der Waals surface area contributed by atoms with Crippen molar-refractivity contribution in [1.82, 2.24) is 4.90 Å². The first-order valence-electron chi connectivity index (χ1n) is 7.77. The van der Waals surface area contributed by atoms with Crippen molar-refractivity contribution in [3.63, 3.8) is 0 Å². The van der Waals surface area contributed by atoms with E-state index in [-0.39, 0.29) is 4.90 Å². The summed E-state index contributed by atoms with van der Waals surface area (Å²) in [5.41, 5.74) is 3.59. The SMILES string of the molecule is CS/C(=N\S(=O)(=O)c1ccc(C)cc1)N1CCc2ccccc2C1. The summed E-state index contributed by atoms with van der Waals surface area (Å²) in [4.78, 5) is 2.27. The van der Waals surface area contributed by atoms with Gasteiger partial charge in [0.1, 0.15) is 0 Å². The highest BCUT2D eigenvalue weighted by molar-refractivity contribution is 8.13. The maximum Gasteiger partial charge on any atom is 0.284 e. The molecule has 0 saturated heterocycles. The normalized spacial score (nSPS) is 15.2. The number of thioether (sulfide) groups is 1. The molecule has 0 N–H and O–H groups in total. The number of fused-ring (bicyclic) bond motifs is 1. The number of sulfonamides is 1. The van der Waals surface area contributed by atoms with Crippen molar-refractivity contribution in [2.75, 3.05) is 12.8 Å². The molecule has 0 atom stereocenters. The van der Waals surface area contributed by atoms with E-state index in [0.29, 0.717) is 11.7 Å². The van der Waals surface area contributed by atoms with E-state index in [1.165, 1.54) is 22.9 Å². The molecule has 0 aromatic heterocycles. The number of rotatable bonds is 2. The summed E-state index contributed by atoms with van der Waals surface area (Å²) in [6, 6.07) is 15.1. The Balaban J connectivity index is 1.88. The lowest BCUT2D eigenvalue weighted by Crippen LogP contribution is -2.34. The second kappa shape index (κ2) is 6.99. The fourth-order valence-electron chi connectivity index (χ4n) is 2.75. The average molecular weight is 361 g/mol. The quantitative estimate of drug-likeness (QED) is 0.608. The second-order valence-electron chi connectivity index (χ2n) is 5.81. The van der Waals surface area contributed by atoms with Crippen molar-refractivity contribution in [3.05, 3.63) is 65.2 Å². The van der Waals surface area contributed by atoms with Crippen LogP contribution in [-0.4, -0.2) is 31.3 Å². The van der Waals surface area contributed by atoms with Gasteiger partial charge in [-0.15, -0.1) is 4.40 Å². The summed E-state index contributed by atoms with van der Waals surface area (Å²) in [6.07, 6.45) is 2.77. The monoisotopic (exact) mass is 360 g/mol.